The molecule has 2 rings (SSSR count). The Bertz CT molecular complexity index is 230. The molecule has 0 radical (unpaired) electrons. The van der Waals surface area contributed by atoms with Crippen LogP contribution in [-0.4, -0.2) is 30.5 Å². The number of hydrogen-bond acceptors (Lipinski definition) is 3. The van der Waals surface area contributed by atoms with Crippen molar-refractivity contribution < 1.29 is 9.84 Å². The van der Waals surface area contributed by atoms with E-state index in [0.29, 0.717) is 5.92 Å². The second kappa shape index (κ2) is 6.17. The van der Waals surface area contributed by atoms with E-state index in [1.54, 1.807) is 0 Å². The molecule has 2 saturated carbocycles. The highest BCUT2D eigenvalue weighted by atomic mass is 16.5. The van der Waals surface area contributed by atoms with Crippen LogP contribution in [0.2, 0.25) is 0 Å². The molecule has 0 spiro atoms. The van der Waals surface area contributed by atoms with Crippen molar-refractivity contribution in [2.75, 3.05) is 19.8 Å². The Morgan fingerprint density at radius 3 is 2.53 bits per heavy atom. The molecular weight excluding hydrogens is 214 g/mol. The Hall–Kier alpha value is -0.120. The van der Waals surface area contributed by atoms with Crippen LogP contribution in [0.3, 0.4) is 0 Å². The predicted octanol–water partition coefficient (Wildman–Crippen LogP) is 2.07. The van der Waals surface area contributed by atoms with Gasteiger partial charge in [-0.3, -0.25) is 0 Å². The number of ether oxygens (including phenoxy) is 1. The van der Waals surface area contributed by atoms with Crippen molar-refractivity contribution in [3.8, 4) is 0 Å². The summed E-state index contributed by atoms with van der Waals surface area (Å²) in [6.45, 7) is 1.85. The van der Waals surface area contributed by atoms with Crippen molar-refractivity contribution in [3.63, 3.8) is 0 Å². The zero-order chi connectivity index (χ0) is 12.1. The largest absolute Gasteiger partial charge is 0.394 e. The molecule has 0 aromatic rings. The fraction of sp³-hybridized carbons (Fsp3) is 1.00. The predicted molar refractivity (Wildman–Crippen MR) is 68.7 cm³/mol. The summed E-state index contributed by atoms with van der Waals surface area (Å²) in [6.07, 6.45) is 9.76. The molecule has 3 nitrogen and oxygen atoms in total. The van der Waals surface area contributed by atoms with E-state index in [0.717, 1.165) is 44.8 Å². The Kier molecular flexibility index (Phi) is 4.83. The maximum Gasteiger partial charge on any atom is 0.0613 e. The standard InChI is InChI=1S/C14H27NO2/c15-14(11-16)8-2-5-13(14)7-10-17-9-6-12-3-1-4-12/h12-13,16H,1-11,15H2. The molecule has 2 atom stereocenters. The lowest BCUT2D eigenvalue weighted by molar-refractivity contribution is 0.0794. The first-order valence-corrected chi connectivity index (χ1v) is 7.22. The monoisotopic (exact) mass is 241 g/mol. The van der Waals surface area contributed by atoms with Crippen LogP contribution in [0, 0.1) is 11.8 Å². The van der Waals surface area contributed by atoms with E-state index in [1.807, 2.05) is 0 Å². The Morgan fingerprint density at radius 1 is 1.12 bits per heavy atom. The summed E-state index contributed by atoms with van der Waals surface area (Å²) < 4.78 is 5.70. The fourth-order valence-corrected chi connectivity index (χ4v) is 3.17. The van der Waals surface area contributed by atoms with E-state index in [1.165, 1.54) is 25.7 Å². The average molecular weight is 241 g/mol. The van der Waals surface area contributed by atoms with Crippen LogP contribution in [0.5, 0.6) is 0 Å². The van der Waals surface area contributed by atoms with E-state index in [-0.39, 0.29) is 12.1 Å². The third-order valence-corrected chi connectivity index (χ3v) is 4.81. The lowest BCUT2D eigenvalue weighted by Crippen LogP contribution is -2.47. The zero-order valence-corrected chi connectivity index (χ0v) is 10.9. The summed E-state index contributed by atoms with van der Waals surface area (Å²) >= 11 is 0. The van der Waals surface area contributed by atoms with Gasteiger partial charge in [0.25, 0.3) is 0 Å². The molecule has 0 aromatic carbocycles. The molecule has 2 aliphatic carbocycles. The first kappa shape index (κ1) is 13.3. The number of hydrogen-bond donors (Lipinski definition) is 2. The number of rotatable bonds is 7. The molecule has 100 valence electrons. The van der Waals surface area contributed by atoms with Crippen LogP contribution in [0.1, 0.15) is 51.4 Å². The minimum absolute atomic E-state index is 0.125. The molecule has 0 heterocycles. The van der Waals surface area contributed by atoms with Crippen molar-refractivity contribution in [2.24, 2.45) is 17.6 Å². The van der Waals surface area contributed by atoms with Gasteiger partial charge in [-0.15, -0.1) is 0 Å². The topological polar surface area (TPSA) is 55.5 Å². The molecule has 2 fully saturated rings. The number of aliphatic hydroxyl groups excluding tert-OH is 1. The minimum atomic E-state index is -0.322. The van der Waals surface area contributed by atoms with Gasteiger partial charge in [0.15, 0.2) is 0 Å². The van der Waals surface area contributed by atoms with Gasteiger partial charge in [-0.25, -0.2) is 0 Å². The molecule has 2 aliphatic rings. The molecule has 0 saturated heterocycles. The van der Waals surface area contributed by atoms with E-state index in [4.69, 9.17) is 10.5 Å². The van der Waals surface area contributed by atoms with Crippen molar-refractivity contribution in [1.82, 2.24) is 0 Å². The summed E-state index contributed by atoms with van der Waals surface area (Å²) in [5.74, 6) is 1.39. The quantitative estimate of drug-likeness (QED) is 0.671. The maximum absolute atomic E-state index is 9.34. The Morgan fingerprint density at radius 2 is 1.88 bits per heavy atom. The van der Waals surface area contributed by atoms with Gasteiger partial charge < -0.3 is 15.6 Å². The molecule has 0 aromatic heterocycles. The highest BCUT2D eigenvalue weighted by molar-refractivity contribution is 4.95. The number of nitrogens with two attached hydrogens (primary N) is 1. The van der Waals surface area contributed by atoms with Crippen LogP contribution < -0.4 is 5.73 Å². The third kappa shape index (κ3) is 3.43. The van der Waals surface area contributed by atoms with Crippen LogP contribution >= 0.6 is 0 Å². The van der Waals surface area contributed by atoms with Gasteiger partial charge in [-0.2, -0.15) is 0 Å². The smallest absolute Gasteiger partial charge is 0.0613 e. The first-order valence-electron chi connectivity index (χ1n) is 7.22. The summed E-state index contributed by atoms with van der Waals surface area (Å²) in [5.41, 5.74) is 5.87. The first-order chi connectivity index (χ1) is 8.24. The van der Waals surface area contributed by atoms with E-state index in [2.05, 4.69) is 0 Å². The molecule has 3 heteroatoms. The van der Waals surface area contributed by atoms with Crippen LogP contribution in [0.15, 0.2) is 0 Å². The van der Waals surface area contributed by atoms with Gasteiger partial charge in [-0.1, -0.05) is 25.7 Å². The summed E-state index contributed by atoms with van der Waals surface area (Å²) in [5, 5.41) is 9.34. The maximum atomic E-state index is 9.34. The SMILES string of the molecule is NC1(CO)CCCC1CCOCCC1CCC1. The molecule has 2 unspecified atom stereocenters. The lowest BCUT2D eigenvalue weighted by Gasteiger charge is -2.29. The average Bonchev–Trinajstić information content (AvgIpc) is 2.63. The zero-order valence-electron chi connectivity index (χ0n) is 10.9. The van der Waals surface area contributed by atoms with E-state index in [9.17, 15) is 5.11 Å². The van der Waals surface area contributed by atoms with Gasteiger partial charge >= 0.3 is 0 Å². The lowest BCUT2D eigenvalue weighted by atomic mass is 9.83. The van der Waals surface area contributed by atoms with Gasteiger partial charge in [-0.05, 0) is 37.5 Å². The van der Waals surface area contributed by atoms with Gasteiger partial charge in [0.2, 0.25) is 0 Å². The van der Waals surface area contributed by atoms with Gasteiger partial charge in [0.1, 0.15) is 0 Å². The molecule has 0 amide bonds. The normalized spacial score (nSPS) is 33.9. The second-order valence-electron chi connectivity index (χ2n) is 5.97. The highest BCUT2D eigenvalue weighted by Gasteiger charge is 2.38. The third-order valence-electron chi connectivity index (χ3n) is 4.81. The summed E-state index contributed by atoms with van der Waals surface area (Å²) in [4.78, 5) is 0. The summed E-state index contributed by atoms with van der Waals surface area (Å²) in [6, 6.07) is 0. The number of aliphatic hydroxyl groups is 1. The van der Waals surface area contributed by atoms with Crippen molar-refractivity contribution in [3.05, 3.63) is 0 Å². The highest BCUT2D eigenvalue weighted by Crippen LogP contribution is 2.35. The van der Waals surface area contributed by atoms with Crippen LogP contribution in [0.4, 0.5) is 0 Å². The fourth-order valence-electron chi connectivity index (χ4n) is 3.17. The minimum Gasteiger partial charge on any atom is -0.394 e. The Labute approximate surface area is 105 Å². The molecule has 17 heavy (non-hydrogen) atoms. The van der Waals surface area contributed by atoms with Gasteiger partial charge in [0.05, 0.1) is 6.61 Å². The van der Waals surface area contributed by atoms with Crippen molar-refractivity contribution in [1.29, 1.82) is 0 Å². The van der Waals surface area contributed by atoms with Gasteiger partial charge in [0, 0.05) is 18.8 Å². The molecule has 0 bridgehead atoms. The summed E-state index contributed by atoms with van der Waals surface area (Å²) in [7, 11) is 0. The van der Waals surface area contributed by atoms with Crippen molar-refractivity contribution in [2.45, 2.75) is 56.9 Å². The van der Waals surface area contributed by atoms with E-state index >= 15 is 0 Å². The molecular formula is C14H27NO2. The molecule has 3 N–H and O–H groups in total. The van der Waals surface area contributed by atoms with Crippen LogP contribution in [0.25, 0.3) is 0 Å². The van der Waals surface area contributed by atoms with E-state index < -0.39 is 0 Å². The second-order valence-corrected chi connectivity index (χ2v) is 5.97. The molecule has 0 aliphatic heterocycles. The Balaban J connectivity index is 1.54. The van der Waals surface area contributed by atoms with Crippen molar-refractivity contribution >= 4 is 0 Å². The van der Waals surface area contributed by atoms with Crippen LogP contribution in [-0.2, 0) is 4.74 Å².